The van der Waals surface area contributed by atoms with Crippen LogP contribution in [0.5, 0.6) is 0 Å². The molecule has 0 aliphatic carbocycles. The summed E-state index contributed by atoms with van der Waals surface area (Å²) in [5.41, 5.74) is 3.97. The number of piperidine rings is 2. The van der Waals surface area contributed by atoms with Crippen molar-refractivity contribution in [3.05, 3.63) is 59.7 Å². The number of alkyl halides is 2. The highest BCUT2D eigenvalue weighted by atomic mass is 35.5. The summed E-state index contributed by atoms with van der Waals surface area (Å²) in [6, 6.07) is 15.6. The van der Waals surface area contributed by atoms with E-state index in [2.05, 4.69) is 26.6 Å². The van der Waals surface area contributed by atoms with Crippen molar-refractivity contribution in [2.75, 3.05) is 68.6 Å². The van der Waals surface area contributed by atoms with Gasteiger partial charge in [0, 0.05) is 64.8 Å². The lowest BCUT2D eigenvalue weighted by Crippen LogP contribution is -2.49. The lowest BCUT2D eigenvalue weighted by Gasteiger charge is -2.33. The Morgan fingerprint density at radius 2 is 1.17 bits per heavy atom. The Morgan fingerprint density at radius 3 is 1.54 bits per heavy atom. The lowest BCUT2D eigenvalue weighted by atomic mass is 10.0. The van der Waals surface area contributed by atoms with E-state index in [1.54, 1.807) is 0 Å². The number of amides is 5. The maximum Gasteiger partial charge on any atom is 0.373 e. The van der Waals surface area contributed by atoms with Gasteiger partial charge in [0.15, 0.2) is 0 Å². The number of ether oxygens (including phenoxy) is 2. The first-order chi connectivity index (χ1) is 25.2. The molecule has 2 aromatic rings. The van der Waals surface area contributed by atoms with Gasteiger partial charge < -0.3 is 41.0 Å². The average molecular weight is 793 g/mol. The molecule has 54 heavy (non-hydrogen) atoms. The van der Waals surface area contributed by atoms with Crippen LogP contribution in [0.1, 0.15) is 63.5 Å². The van der Waals surface area contributed by atoms with E-state index in [0.717, 1.165) is 75.3 Å². The van der Waals surface area contributed by atoms with Crippen molar-refractivity contribution in [1.82, 2.24) is 20.9 Å². The average Bonchev–Trinajstić information content (AvgIpc) is 3.91. The van der Waals surface area contributed by atoms with Crippen LogP contribution >= 0.6 is 23.2 Å². The predicted octanol–water partition coefficient (Wildman–Crippen LogP) is 5.90. The minimum atomic E-state index is -0.187. The molecule has 4 aliphatic heterocycles. The topological polar surface area (TPSA) is 167 Å². The normalized spacial score (nSPS) is 17.5. The molecular weight excluding hydrogens is 734 g/mol. The first-order valence-electron chi connectivity index (χ1n) is 17.7. The summed E-state index contributed by atoms with van der Waals surface area (Å²) in [5.74, 6) is 0.231. The van der Waals surface area contributed by atoms with E-state index in [0.29, 0.717) is 32.3 Å². The Hall–Kier alpha value is -3.65. The summed E-state index contributed by atoms with van der Waals surface area (Å²) in [6.45, 7) is 10.6. The molecule has 0 aromatic heterocycles. The molecule has 0 spiro atoms. The van der Waals surface area contributed by atoms with Gasteiger partial charge in [-0.3, -0.25) is 4.79 Å². The standard InChI is InChI=1S/C18H25N3O3.C13H19N3O.C4H8O.CH2Cl2.CO2.CH4.B/c1-13-2-4-15(5-3-13)19-18(23)20-16-6-9-21(10-7-16)17(22)14-8-11-24-12-14;1-10-2-4-11(5-3-10)15-13(17)16-12-6-8-14-9-7-12;1-2-4-5-3-1;2*2-1-3;;/h2-5,14,16H,6-12H2,1H3,(H2,19,20,23);2-5,12,14H,6-9H2,1H3,(H2,15,16,17);1-4H2;1H2;;1H4;. The first-order valence-corrected chi connectivity index (χ1v) is 18.8. The third kappa shape index (κ3) is 21.9. The maximum absolute atomic E-state index is 12.3. The largest absolute Gasteiger partial charge is 0.381 e. The summed E-state index contributed by atoms with van der Waals surface area (Å²) in [4.78, 5) is 54.3. The molecule has 4 fully saturated rings. The molecule has 2 aromatic carbocycles. The van der Waals surface area contributed by atoms with Crippen LogP contribution in [-0.2, 0) is 23.9 Å². The molecule has 16 heteroatoms. The third-order valence-corrected chi connectivity index (χ3v) is 8.54. The van der Waals surface area contributed by atoms with Gasteiger partial charge in [-0.1, -0.05) is 42.8 Å². The minimum absolute atomic E-state index is 0. The Balaban J connectivity index is 0.000000813. The summed E-state index contributed by atoms with van der Waals surface area (Å²) >= 11 is 9.53. The smallest absolute Gasteiger partial charge is 0.373 e. The number of hydrogen-bond donors (Lipinski definition) is 5. The van der Waals surface area contributed by atoms with Crippen LogP contribution in [0.15, 0.2) is 48.5 Å². The zero-order valence-corrected chi connectivity index (χ0v) is 32.3. The molecule has 5 N–H and O–H groups in total. The quantitative estimate of drug-likeness (QED) is 0.184. The van der Waals surface area contributed by atoms with Gasteiger partial charge in [0.05, 0.1) is 17.9 Å². The molecule has 6 rings (SSSR count). The number of anilines is 2. The molecule has 299 valence electrons. The van der Waals surface area contributed by atoms with Gasteiger partial charge in [0.1, 0.15) is 0 Å². The molecule has 4 saturated heterocycles. The van der Waals surface area contributed by atoms with Crippen molar-refractivity contribution < 1.29 is 33.4 Å². The number of nitrogens with one attached hydrogen (secondary N) is 5. The SMILES string of the molecule is C.C1CCOC1.Cc1ccc(NC(=O)NC2CCN(C(=O)C3CCOC3)CC2)cc1.Cc1ccc(NC(=O)NC2CCNCC2)cc1.ClCCl.O=C=O.[B]. The zero-order chi connectivity index (χ0) is 38.0. The van der Waals surface area contributed by atoms with Gasteiger partial charge in [-0.2, -0.15) is 9.59 Å². The molecule has 0 saturated carbocycles. The molecule has 4 aliphatic rings. The number of carbonyl (C=O) groups excluding carboxylic acids is 5. The molecule has 4 heterocycles. The van der Waals surface area contributed by atoms with E-state index in [4.69, 9.17) is 42.3 Å². The third-order valence-electron chi connectivity index (χ3n) is 8.54. The predicted molar refractivity (Wildman–Crippen MR) is 215 cm³/mol. The molecule has 1 unspecified atom stereocenters. The fourth-order valence-corrected chi connectivity index (χ4v) is 5.69. The number of hydrogen-bond acceptors (Lipinski definition) is 8. The summed E-state index contributed by atoms with van der Waals surface area (Å²) in [6.07, 6.45) is 7.22. The van der Waals surface area contributed by atoms with Gasteiger partial charge in [-0.05, 0) is 96.1 Å². The molecule has 5 amide bonds. The number of benzene rings is 2. The van der Waals surface area contributed by atoms with E-state index >= 15 is 0 Å². The van der Waals surface area contributed by atoms with Crippen molar-refractivity contribution in [3.8, 4) is 0 Å². The van der Waals surface area contributed by atoms with Gasteiger partial charge in [0.2, 0.25) is 5.91 Å². The van der Waals surface area contributed by atoms with E-state index in [-0.39, 0.29) is 57.3 Å². The molecule has 1 atom stereocenters. The Morgan fingerprint density at radius 1 is 0.741 bits per heavy atom. The number of likely N-dealkylation sites (tertiary alicyclic amines) is 1. The van der Waals surface area contributed by atoms with Crippen LogP contribution in [-0.4, -0.2) is 107 Å². The fraction of sp³-hybridized carbons (Fsp3) is 0.579. The van der Waals surface area contributed by atoms with Crippen molar-refractivity contribution in [1.29, 1.82) is 0 Å². The van der Waals surface area contributed by atoms with Crippen molar-refractivity contribution in [2.24, 2.45) is 5.92 Å². The number of rotatable bonds is 5. The monoisotopic (exact) mass is 791 g/mol. The van der Waals surface area contributed by atoms with Gasteiger partial charge in [-0.25, -0.2) is 9.59 Å². The fourth-order valence-electron chi connectivity index (χ4n) is 5.69. The highest BCUT2D eigenvalue weighted by molar-refractivity contribution is 6.40. The summed E-state index contributed by atoms with van der Waals surface area (Å²) in [7, 11) is 0. The van der Waals surface area contributed by atoms with Crippen LogP contribution in [0, 0.1) is 19.8 Å². The number of aryl methyl sites for hydroxylation is 2. The van der Waals surface area contributed by atoms with E-state index in [1.807, 2.05) is 67.3 Å². The van der Waals surface area contributed by atoms with Gasteiger partial charge in [-0.15, -0.1) is 23.2 Å². The van der Waals surface area contributed by atoms with Crippen molar-refractivity contribution in [3.63, 3.8) is 0 Å². The number of carbonyl (C=O) groups is 3. The zero-order valence-electron chi connectivity index (χ0n) is 30.8. The van der Waals surface area contributed by atoms with Crippen molar-refractivity contribution in [2.45, 2.75) is 78.3 Å². The second-order valence-electron chi connectivity index (χ2n) is 12.6. The van der Waals surface area contributed by atoms with Crippen LogP contribution in [0.4, 0.5) is 21.0 Å². The molecule has 3 radical (unpaired) electrons. The Bertz CT molecular complexity index is 1320. The van der Waals surface area contributed by atoms with Crippen molar-refractivity contribution >= 4 is 67.1 Å². The highest BCUT2D eigenvalue weighted by Crippen LogP contribution is 2.19. The van der Waals surface area contributed by atoms with Gasteiger partial charge >= 0.3 is 18.2 Å². The molecule has 13 nitrogen and oxygen atoms in total. The Labute approximate surface area is 332 Å². The number of nitrogens with zero attached hydrogens (tertiary/aromatic N) is 1. The van der Waals surface area contributed by atoms with E-state index in [1.165, 1.54) is 18.4 Å². The maximum atomic E-state index is 12.3. The second kappa shape index (κ2) is 30.7. The van der Waals surface area contributed by atoms with Crippen LogP contribution < -0.4 is 26.6 Å². The molecule has 0 bridgehead atoms. The second-order valence-corrected chi connectivity index (χ2v) is 13.4. The van der Waals surface area contributed by atoms with Crippen LogP contribution in [0.25, 0.3) is 0 Å². The molecular formula is C38H58BCl2N6O7. The van der Waals surface area contributed by atoms with E-state index in [9.17, 15) is 14.4 Å². The van der Waals surface area contributed by atoms with Crippen LogP contribution in [0.3, 0.4) is 0 Å². The number of urea groups is 2. The lowest BCUT2D eigenvalue weighted by molar-refractivity contribution is -0.191. The van der Waals surface area contributed by atoms with Crippen LogP contribution in [0.2, 0.25) is 0 Å². The van der Waals surface area contributed by atoms with E-state index < -0.39 is 0 Å². The number of halogens is 2. The van der Waals surface area contributed by atoms with Gasteiger partial charge in [0.25, 0.3) is 0 Å². The minimum Gasteiger partial charge on any atom is -0.381 e. The summed E-state index contributed by atoms with van der Waals surface area (Å²) < 4.78 is 10.2. The highest BCUT2D eigenvalue weighted by Gasteiger charge is 2.31. The Kier molecular flexibility index (Phi) is 28.6. The summed E-state index contributed by atoms with van der Waals surface area (Å²) in [5, 5.41) is 15.2. The first kappa shape index (κ1) is 50.4.